The number of rotatable bonds is 9. The van der Waals surface area contributed by atoms with Crippen LogP contribution in [-0.2, 0) is 16.1 Å². The van der Waals surface area contributed by atoms with Crippen LogP contribution >= 0.6 is 0 Å². The van der Waals surface area contributed by atoms with Gasteiger partial charge >= 0.3 is 6.09 Å². The van der Waals surface area contributed by atoms with Gasteiger partial charge < -0.3 is 29.3 Å². The van der Waals surface area contributed by atoms with Gasteiger partial charge in [0.15, 0.2) is 11.5 Å². The fraction of sp³-hybridized carbons (Fsp3) is 0.444. The van der Waals surface area contributed by atoms with Crippen molar-refractivity contribution >= 4 is 17.9 Å². The van der Waals surface area contributed by atoms with Gasteiger partial charge in [0.2, 0.25) is 5.91 Å². The van der Waals surface area contributed by atoms with E-state index in [2.05, 4.69) is 5.32 Å². The summed E-state index contributed by atoms with van der Waals surface area (Å²) in [5, 5.41) is 2.76. The van der Waals surface area contributed by atoms with Crippen LogP contribution in [0.5, 0.6) is 11.5 Å². The number of benzene rings is 2. The lowest BCUT2D eigenvalue weighted by atomic mass is 9.97. The Bertz CT molecular complexity index is 1040. The van der Waals surface area contributed by atoms with Crippen molar-refractivity contribution in [2.75, 3.05) is 40.4 Å². The van der Waals surface area contributed by atoms with Gasteiger partial charge in [-0.05, 0) is 29.7 Å². The Balaban J connectivity index is 1.58. The Morgan fingerprint density at radius 2 is 1.56 bits per heavy atom. The second kappa shape index (κ2) is 12.8. The van der Waals surface area contributed by atoms with Crippen molar-refractivity contribution in [3.05, 3.63) is 59.7 Å². The summed E-state index contributed by atoms with van der Waals surface area (Å²) in [4.78, 5) is 42.2. The van der Waals surface area contributed by atoms with E-state index < -0.39 is 12.1 Å². The van der Waals surface area contributed by atoms with E-state index in [-0.39, 0.29) is 24.3 Å². The van der Waals surface area contributed by atoms with E-state index >= 15 is 0 Å². The third-order valence-electron chi connectivity index (χ3n) is 6.47. The van der Waals surface area contributed by atoms with Crippen LogP contribution in [0.25, 0.3) is 0 Å². The lowest BCUT2D eigenvalue weighted by molar-refractivity contribution is -0.136. The van der Waals surface area contributed by atoms with Crippen molar-refractivity contribution < 1.29 is 28.6 Å². The highest BCUT2D eigenvalue weighted by Gasteiger charge is 2.33. The maximum atomic E-state index is 13.3. The largest absolute Gasteiger partial charge is 0.493 e. The minimum absolute atomic E-state index is 0.0757. The molecule has 194 valence electrons. The maximum Gasteiger partial charge on any atom is 0.408 e. The lowest BCUT2D eigenvalue weighted by Crippen LogP contribution is -2.57. The number of hydrogen-bond donors (Lipinski definition) is 1. The molecule has 9 nitrogen and oxygen atoms in total. The van der Waals surface area contributed by atoms with Gasteiger partial charge in [-0.1, -0.05) is 50.6 Å². The van der Waals surface area contributed by atoms with Gasteiger partial charge in [-0.15, -0.1) is 0 Å². The first-order valence-corrected chi connectivity index (χ1v) is 12.1. The zero-order valence-electron chi connectivity index (χ0n) is 21.4. The van der Waals surface area contributed by atoms with Crippen molar-refractivity contribution in [1.82, 2.24) is 15.1 Å². The lowest BCUT2D eigenvalue weighted by Gasteiger charge is -2.37. The molecule has 2 aromatic rings. The van der Waals surface area contributed by atoms with Crippen molar-refractivity contribution in [3.8, 4) is 11.5 Å². The molecule has 3 amide bonds. The third-order valence-corrected chi connectivity index (χ3v) is 6.47. The van der Waals surface area contributed by atoms with Crippen LogP contribution in [0.2, 0.25) is 0 Å². The Kier molecular flexibility index (Phi) is 9.55. The molecule has 0 unspecified atom stereocenters. The standard InChI is InChI=1S/C27H35N3O6/c1-5-19(2)24(28-27(33)36-18-20-9-7-6-8-10-20)26(32)30-15-13-29(14-16-30)25(31)21-11-12-22(34-3)23(17-21)35-4/h6-12,17,19,24H,5,13-16,18H2,1-4H3,(H,28,33)/t19-,24-/m0/s1. The topological polar surface area (TPSA) is 97.4 Å². The molecule has 1 aliphatic heterocycles. The number of alkyl carbamates (subject to hydrolysis) is 1. The van der Waals surface area contributed by atoms with E-state index in [1.165, 1.54) is 7.11 Å². The van der Waals surface area contributed by atoms with Crippen molar-refractivity contribution in [3.63, 3.8) is 0 Å². The second-order valence-electron chi connectivity index (χ2n) is 8.76. The molecule has 1 heterocycles. The molecule has 1 aliphatic rings. The van der Waals surface area contributed by atoms with Gasteiger partial charge in [-0.3, -0.25) is 9.59 Å². The fourth-order valence-corrected chi connectivity index (χ4v) is 4.05. The average molecular weight is 498 g/mol. The van der Waals surface area contributed by atoms with Crippen LogP contribution in [-0.4, -0.2) is 74.1 Å². The first-order chi connectivity index (χ1) is 17.4. The Labute approximate surface area is 212 Å². The summed E-state index contributed by atoms with van der Waals surface area (Å²) >= 11 is 0. The number of methoxy groups -OCH3 is 2. The minimum Gasteiger partial charge on any atom is -0.493 e. The van der Waals surface area contributed by atoms with Crippen LogP contribution in [0.15, 0.2) is 48.5 Å². The first kappa shape index (κ1) is 26.8. The van der Waals surface area contributed by atoms with Gasteiger partial charge in [-0.25, -0.2) is 4.79 Å². The van der Waals surface area contributed by atoms with Crippen LogP contribution < -0.4 is 14.8 Å². The van der Waals surface area contributed by atoms with Crippen molar-refractivity contribution in [2.24, 2.45) is 5.92 Å². The van der Waals surface area contributed by atoms with E-state index in [1.807, 2.05) is 44.2 Å². The molecular weight excluding hydrogens is 462 g/mol. The van der Waals surface area contributed by atoms with Crippen LogP contribution in [0.3, 0.4) is 0 Å². The monoisotopic (exact) mass is 497 g/mol. The second-order valence-corrected chi connectivity index (χ2v) is 8.76. The third kappa shape index (κ3) is 6.68. The molecule has 1 fully saturated rings. The van der Waals surface area contributed by atoms with E-state index in [4.69, 9.17) is 14.2 Å². The van der Waals surface area contributed by atoms with Crippen LogP contribution in [0.1, 0.15) is 36.2 Å². The molecule has 0 radical (unpaired) electrons. The summed E-state index contributed by atoms with van der Waals surface area (Å²) in [5.74, 6) is 0.658. The van der Waals surface area contributed by atoms with Crippen molar-refractivity contribution in [1.29, 1.82) is 0 Å². The SMILES string of the molecule is CC[C@H](C)[C@H](NC(=O)OCc1ccccc1)C(=O)N1CCN(C(=O)c2ccc(OC)c(OC)c2)CC1. The van der Waals surface area contributed by atoms with Crippen molar-refractivity contribution in [2.45, 2.75) is 32.9 Å². The Morgan fingerprint density at radius 3 is 2.17 bits per heavy atom. The Hall–Kier alpha value is -3.75. The molecule has 1 saturated heterocycles. The minimum atomic E-state index is -0.702. The summed E-state index contributed by atoms with van der Waals surface area (Å²) < 4.78 is 15.9. The normalized spacial score (nSPS) is 15.0. The molecule has 1 N–H and O–H groups in total. The van der Waals surface area contributed by atoms with E-state index in [0.29, 0.717) is 49.7 Å². The van der Waals surface area contributed by atoms with E-state index in [9.17, 15) is 14.4 Å². The molecule has 3 rings (SSSR count). The number of nitrogens with one attached hydrogen (secondary N) is 1. The van der Waals surface area contributed by atoms with E-state index in [0.717, 1.165) is 5.56 Å². The quantitative estimate of drug-likeness (QED) is 0.571. The van der Waals surface area contributed by atoms with E-state index in [1.54, 1.807) is 35.1 Å². The molecule has 0 aliphatic carbocycles. The molecule has 2 aromatic carbocycles. The number of hydrogen-bond acceptors (Lipinski definition) is 6. The van der Waals surface area contributed by atoms with Crippen LogP contribution in [0, 0.1) is 5.92 Å². The van der Waals surface area contributed by atoms with Gasteiger partial charge in [0.05, 0.1) is 14.2 Å². The number of nitrogens with zero attached hydrogens (tertiary/aromatic N) is 2. The number of carbonyl (C=O) groups is 3. The molecule has 0 bridgehead atoms. The zero-order chi connectivity index (χ0) is 26.1. The number of amides is 3. The highest BCUT2D eigenvalue weighted by atomic mass is 16.5. The molecule has 2 atom stereocenters. The summed E-state index contributed by atoms with van der Waals surface area (Å²) in [6.45, 7) is 5.58. The molecule has 0 spiro atoms. The number of carbonyl (C=O) groups excluding carboxylic acids is 3. The molecule has 0 aromatic heterocycles. The average Bonchev–Trinajstić information content (AvgIpc) is 2.93. The predicted octanol–water partition coefficient (Wildman–Crippen LogP) is 3.33. The van der Waals surface area contributed by atoms with Gasteiger partial charge in [0, 0.05) is 31.7 Å². The summed E-state index contributed by atoms with van der Waals surface area (Å²) in [6.07, 6.45) is 0.0902. The molecule has 0 saturated carbocycles. The smallest absolute Gasteiger partial charge is 0.408 e. The summed E-state index contributed by atoms with van der Waals surface area (Å²) in [7, 11) is 3.07. The Morgan fingerprint density at radius 1 is 0.917 bits per heavy atom. The number of piperazine rings is 1. The van der Waals surface area contributed by atoms with Gasteiger partial charge in [0.1, 0.15) is 12.6 Å². The predicted molar refractivity (Wildman–Crippen MR) is 135 cm³/mol. The maximum absolute atomic E-state index is 13.3. The summed E-state index contributed by atoms with van der Waals surface area (Å²) in [5.41, 5.74) is 1.36. The molecule has 9 heteroatoms. The first-order valence-electron chi connectivity index (χ1n) is 12.1. The summed E-state index contributed by atoms with van der Waals surface area (Å²) in [6, 6.07) is 13.7. The van der Waals surface area contributed by atoms with Gasteiger partial charge in [-0.2, -0.15) is 0 Å². The van der Waals surface area contributed by atoms with Gasteiger partial charge in [0.25, 0.3) is 5.91 Å². The molecular formula is C27H35N3O6. The fourth-order valence-electron chi connectivity index (χ4n) is 4.05. The number of ether oxygens (including phenoxy) is 3. The highest BCUT2D eigenvalue weighted by molar-refractivity contribution is 5.95. The van der Waals surface area contributed by atoms with Crippen LogP contribution in [0.4, 0.5) is 4.79 Å². The highest BCUT2D eigenvalue weighted by Crippen LogP contribution is 2.28. The molecule has 36 heavy (non-hydrogen) atoms. The zero-order valence-corrected chi connectivity index (χ0v) is 21.4.